The Bertz CT molecular complexity index is 817. The summed E-state index contributed by atoms with van der Waals surface area (Å²) in [4.78, 5) is 14.6. The monoisotopic (exact) mass is 381 g/mol. The lowest BCUT2D eigenvalue weighted by Crippen LogP contribution is -2.46. The normalized spacial score (nSPS) is 15.1. The van der Waals surface area contributed by atoms with E-state index in [9.17, 15) is 28.4 Å². The smallest absolute Gasteiger partial charge is 0.392 e. The van der Waals surface area contributed by atoms with Crippen LogP contribution < -0.4 is 9.80 Å². The molecule has 0 saturated carbocycles. The van der Waals surface area contributed by atoms with Gasteiger partial charge >= 0.3 is 6.18 Å². The molecule has 2 aromatic carbocycles. The van der Waals surface area contributed by atoms with Gasteiger partial charge in [0.1, 0.15) is 5.69 Å². The fraction of sp³-hybridized carbons (Fsp3) is 0.333. The lowest BCUT2D eigenvalue weighted by molar-refractivity contribution is -0.384. The van der Waals surface area contributed by atoms with E-state index >= 15 is 0 Å². The van der Waals surface area contributed by atoms with Gasteiger partial charge in [-0.2, -0.15) is 13.2 Å². The van der Waals surface area contributed by atoms with Gasteiger partial charge in [0, 0.05) is 37.9 Å². The number of hydrogen-bond acceptors (Lipinski definition) is 5. The number of halogens is 3. The molecule has 1 aliphatic rings. The Morgan fingerprint density at radius 1 is 1.00 bits per heavy atom. The molecule has 0 radical (unpaired) electrons. The Balaban J connectivity index is 1.73. The third-order valence-corrected chi connectivity index (χ3v) is 4.60. The average Bonchev–Trinajstić information content (AvgIpc) is 2.67. The standard InChI is InChI=1S/C18H18F3N3O3/c19-18(20,21)14-2-4-15(5-3-14)22-7-9-23(10-8-22)17-11-13(12-25)1-6-16(17)24(26)27/h1-6,11,25H,7-10,12H2. The molecule has 0 aliphatic carbocycles. The molecule has 1 heterocycles. The summed E-state index contributed by atoms with van der Waals surface area (Å²) in [5.74, 6) is 0. The first-order valence-electron chi connectivity index (χ1n) is 8.35. The van der Waals surface area contributed by atoms with Crippen LogP contribution >= 0.6 is 0 Å². The SMILES string of the molecule is O=[N+]([O-])c1ccc(CO)cc1N1CCN(c2ccc(C(F)(F)F)cc2)CC1. The molecule has 1 fully saturated rings. The lowest BCUT2D eigenvalue weighted by atomic mass is 10.1. The van der Waals surface area contributed by atoms with Crippen molar-refractivity contribution < 1.29 is 23.2 Å². The van der Waals surface area contributed by atoms with Crippen LogP contribution in [0.5, 0.6) is 0 Å². The van der Waals surface area contributed by atoms with E-state index in [1.54, 1.807) is 6.07 Å². The topological polar surface area (TPSA) is 69.8 Å². The Labute approximate surface area is 153 Å². The molecular formula is C18H18F3N3O3. The Kier molecular flexibility index (Phi) is 5.22. The molecule has 0 aromatic heterocycles. The van der Waals surface area contributed by atoms with Crippen LogP contribution in [0.1, 0.15) is 11.1 Å². The van der Waals surface area contributed by atoms with Gasteiger partial charge in [-0.25, -0.2) is 0 Å². The summed E-state index contributed by atoms with van der Waals surface area (Å²) >= 11 is 0. The molecule has 3 rings (SSSR count). The van der Waals surface area contributed by atoms with Crippen LogP contribution in [0.2, 0.25) is 0 Å². The minimum absolute atomic E-state index is 0.0322. The fourth-order valence-electron chi connectivity index (χ4n) is 3.14. The highest BCUT2D eigenvalue weighted by Crippen LogP contribution is 2.32. The van der Waals surface area contributed by atoms with Gasteiger partial charge in [0.15, 0.2) is 0 Å². The molecule has 0 atom stereocenters. The van der Waals surface area contributed by atoms with Gasteiger partial charge in [0.25, 0.3) is 5.69 Å². The minimum atomic E-state index is -4.37. The second kappa shape index (κ2) is 7.43. The van der Waals surface area contributed by atoms with Crippen molar-refractivity contribution >= 4 is 17.1 Å². The zero-order valence-electron chi connectivity index (χ0n) is 14.3. The maximum Gasteiger partial charge on any atom is 0.416 e. The highest BCUT2D eigenvalue weighted by molar-refractivity contribution is 5.65. The van der Waals surface area contributed by atoms with Crippen molar-refractivity contribution in [1.29, 1.82) is 0 Å². The molecular weight excluding hydrogens is 363 g/mol. The van der Waals surface area contributed by atoms with Gasteiger partial charge in [-0.1, -0.05) is 0 Å². The summed E-state index contributed by atoms with van der Waals surface area (Å²) in [6.45, 7) is 1.79. The summed E-state index contributed by atoms with van der Waals surface area (Å²) in [6.07, 6.45) is -4.37. The summed E-state index contributed by atoms with van der Waals surface area (Å²) in [5, 5.41) is 20.6. The molecule has 144 valence electrons. The number of hydrogen-bond donors (Lipinski definition) is 1. The highest BCUT2D eigenvalue weighted by atomic mass is 19.4. The molecule has 9 heteroatoms. The van der Waals surface area contributed by atoms with Crippen molar-refractivity contribution in [1.82, 2.24) is 0 Å². The quantitative estimate of drug-likeness (QED) is 0.649. The predicted octanol–water partition coefficient (Wildman–Crippen LogP) is 3.43. The predicted molar refractivity (Wildman–Crippen MR) is 94.9 cm³/mol. The van der Waals surface area contributed by atoms with Crippen molar-refractivity contribution in [3.8, 4) is 0 Å². The van der Waals surface area contributed by atoms with Crippen LogP contribution in [-0.2, 0) is 12.8 Å². The van der Waals surface area contributed by atoms with E-state index in [-0.39, 0.29) is 12.3 Å². The Morgan fingerprint density at radius 2 is 1.59 bits per heavy atom. The first-order chi connectivity index (χ1) is 12.8. The first kappa shape index (κ1) is 19.0. The number of rotatable bonds is 4. The van der Waals surface area contributed by atoms with Gasteiger partial charge in [0.2, 0.25) is 0 Å². The van der Waals surface area contributed by atoms with Crippen LogP contribution in [-0.4, -0.2) is 36.2 Å². The van der Waals surface area contributed by atoms with Gasteiger partial charge in [-0.3, -0.25) is 10.1 Å². The molecule has 1 aliphatic heterocycles. The van der Waals surface area contributed by atoms with E-state index in [1.807, 2.05) is 9.80 Å². The van der Waals surface area contributed by atoms with Crippen LogP contribution in [0.15, 0.2) is 42.5 Å². The zero-order chi connectivity index (χ0) is 19.6. The van der Waals surface area contributed by atoms with E-state index in [0.717, 1.165) is 12.1 Å². The number of aliphatic hydroxyl groups is 1. The third-order valence-electron chi connectivity index (χ3n) is 4.60. The molecule has 0 bridgehead atoms. The summed E-state index contributed by atoms with van der Waals surface area (Å²) in [7, 11) is 0. The summed E-state index contributed by atoms with van der Waals surface area (Å²) in [6, 6.07) is 9.48. The van der Waals surface area contributed by atoms with Gasteiger partial charge in [-0.05, 0) is 42.0 Å². The van der Waals surface area contributed by atoms with Gasteiger partial charge in [0.05, 0.1) is 17.1 Å². The average molecular weight is 381 g/mol. The van der Waals surface area contributed by atoms with Gasteiger partial charge < -0.3 is 14.9 Å². The molecule has 1 saturated heterocycles. The largest absolute Gasteiger partial charge is 0.416 e. The molecule has 6 nitrogen and oxygen atoms in total. The Morgan fingerprint density at radius 3 is 2.11 bits per heavy atom. The number of nitrogens with zero attached hydrogens (tertiary/aromatic N) is 3. The number of anilines is 2. The number of benzene rings is 2. The van der Waals surface area contributed by atoms with Crippen LogP contribution in [0.3, 0.4) is 0 Å². The number of nitro groups is 1. The van der Waals surface area contributed by atoms with E-state index in [4.69, 9.17) is 0 Å². The number of aliphatic hydroxyl groups excluding tert-OH is 1. The summed E-state index contributed by atoms with van der Waals surface area (Å²) in [5.41, 5.74) is 0.983. The van der Waals surface area contributed by atoms with Crippen molar-refractivity contribution in [2.45, 2.75) is 12.8 Å². The summed E-state index contributed by atoms with van der Waals surface area (Å²) < 4.78 is 38.0. The molecule has 0 unspecified atom stereocenters. The van der Waals surface area contributed by atoms with Crippen molar-refractivity contribution in [3.63, 3.8) is 0 Å². The Hall–Kier alpha value is -2.81. The van der Waals surface area contributed by atoms with E-state index < -0.39 is 16.7 Å². The molecule has 0 spiro atoms. The first-order valence-corrected chi connectivity index (χ1v) is 8.35. The van der Waals surface area contributed by atoms with E-state index in [1.165, 1.54) is 24.3 Å². The molecule has 1 N–H and O–H groups in total. The maximum absolute atomic E-state index is 12.7. The number of alkyl halides is 3. The van der Waals surface area contributed by atoms with E-state index in [0.29, 0.717) is 43.1 Å². The van der Waals surface area contributed by atoms with Crippen molar-refractivity contribution in [2.75, 3.05) is 36.0 Å². The van der Waals surface area contributed by atoms with Crippen LogP contribution in [0.25, 0.3) is 0 Å². The van der Waals surface area contributed by atoms with Crippen molar-refractivity contribution in [2.24, 2.45) is 0 Å². The van der Waals surface area contributed by atoms with Crippen LogP contribution in [0.4, 0.5) is 30.2 Å². The lowest BCUT2D eigenvalue weighted by Gasteiger charge is -2.37. The molecule has 0 amide bonds. The second-order valence-electron chi connectivity index (χ2n) is 6.26. The number of piperazine rings is 1. The zero-order valence-corrected chi connectivity index (χ0v) is 14.3. The third kappa shape index (κ3) is 4.13. The molecule has 27 heavy (non-hydrogen) atoms. The molecule has 2 aromatic rings. The van der Waals surface area contributed by atoms with E-state index in [2.05, 4.69) is 0 Å². The maximum atomic E-state index is 12.7. The number of nitro benzene ring substituents is 1. The highest BCUT2D eigenvalue weighted by Gasteiger charge is 2.30. The van der Waals surface area contributed by atoms with Crippen molar-refractivity contribution in [3.05, 3.63) is 63.7 Å². The minimum Gasteiger partial charge on any atom is -0.392 e. The van der Waals surface area contributed by atoms with Gasteiger partial charge in [-0.15, -0.1) is 0 Å². The fourth-order valence-corrected chi connectivity index (χ4v) is 3.14. The second-order valence-corrected chi connectivity index (χ2v) is 6.26. The van der Waals surface area contributed by atoms with Crippen LogP contribution in [0, 0.1) is 10.1 Å².